The summed E-state index contributed by atoms with van der Waals surface area (Å²) in [6.45, 7) is 5.95. The van der Waals surface area contributed by atoms with Crippen LogP contribution in [0.1, 0.15) is 31.0 Å². The zero-order valence-corrected chi connectivity index (χ0v) is 18.7. The SMILES string of the molecule is CNC1CCN(c2cc(Nc3cc(C)ns3)n3ncc(/C(C)=C/N(C)N)c3n2)CC1. The highest BCUT2D eigenvalue weighted by Crippen LogP contribution is 2.29. The number of nitrogens with one attached hydrogen (secondary N) is 2. The van der Waals surface area contributed by atoms with Crippen molar-refractivity contribution in [3.63, 3.8) is 0 Å². The fourth-order valence-electron chi connectivity index (χ4n) is 3.80. The van der Waals surface area contributed by atoms with Crippen molar-refractivity contribution in [1.82, 2.24) is 29.3 Å². The molecule has 10 heteroatoms. The Kier molecular flexibility index (Phi) is 5.89. The Morgan fingerprint density at radius 3 is 2.73 bits per heavy atom. The summed E-state index contributed by atoms with van der Waals surface area (Å²) < 4.78 is 6.23. The molecule has 4 rings (SSSR count). The second kappa shape index (κ2) is 8.58. The number of hydrogen-bond donors (Lipinski definition) is 3. The van der Waals surface area contributed by atoms with Gasteiger partial charge in [0.15, 0.2) is 5.65 Å². The first-order valence-corrected chi connectivity index (χ1v) is 10.9. The van der Waals surface area contributed by atoms with E-state index in [1.165, 1.54) is 11.5 Å². The van der Waals surface area contributed by atoms with Crippen LogP contribution >= 0.6 is 11.5 Å². The van der Waals surface area contributed by atoms with Gasteiger partial charge in [0.05, 0.1) is 11.9 Å². The van der Waals surface area contributed by atoms with Crippen LogP contribution in [-0.4, -0.2) is 57.2 Å². The molecule has 4 N–H and O–H groups in total. The summed E-state index contributed by atoms with van der Waals surface area (Å²) in [6, 6.07) is 4.68. The van der Waals surface area contributed by atoms with Gasteiger partial charge in [-0.2, -0.15) is 14.0 Å². The second-order valence-electron chi connectivity index (χ2n) is 7.78. The highest BCUT2D eigenvalue weighted by Gasteiger charge is 2.21. The first-order valence-electron chi connectivity index (χ1n) is 10.1. The number of piperidine rings is 1. The molecule has 0 saturated carbocycles. The van der Waals surface area contributed by atoms with Crippen molar-refractivity contribution in [3.05, 3.63) is 35.8 Å². The van der Waals surface area contributed by atoms with Gasteiger partial charge in [-0.15, -0.1) is 0 Å². The molecule has 30 heavy (non-hydrogen) atoms. The first-order chi connectivity index (χ1) is 14.4. The standard InChI is InChI=1S/C20H29N9S/c1-13(12-27(4)21)16-11-23-29-18(24-19-9-14(2)26-30-19)10-17(25-20(16)29)28-7-5-15(22-3)6-8-28/h9-12,15,22,24H,5-8,21H2,1-4H3/b13-12+. The quantitative estimate of drug-likeness (QED) is 0.408. The molecule has 0 aliphatic carbocycles. The summed E-state index contributed by atoms with van der Waals surface area (Å²) in [6.07, 6.45) is 5.92. The molecule has 1 aliphatic heterocycles. The zero-order valence-electron chi connectivity index (χ0n) is 17.9. The van der Waals surface area contributed by atoms with Crippen LogP contribution in [0.2, 0.25) is 0 Å². The van der Waals surface area contributed by atoms with Gasteiger partial charge in [0, 0.05) is 44.0 Å². The second-order valence-corrected chi connectivity index (χ2v) is 8.58. The largest absolute Gasteiger partial charge is 0.356 e. The van der Waals surface area contributed by atoms with Gasteiger partial charge >= 0.3 is 0 Å². The van der Waals surface area contributed by atoms with Gasteiger partial charge < -0.3 is 20.5 Å². The Hall–Kier alpha value is -2.69. The van der Waals surface area contributed by atoms with E-state index in [4.69, 9.17) is 10.8 Å². The summed E-state index contributed by atoms with van der Waals surface area (Å²) in [5, 5.41) is 14.0. The van der Waals surface area contributed by atoms with Crippen molar-refractivity contribution in [1.29, 1.82) is 0 Å². The van der Waals surface area contributed by atoms with Crippen molar-refractivity contribution in [2.24, 2.45) is 5.84 Å². The number of anilines is 3. The molecule has 1 saturated heterocycles. The molecule has 0 bridgehead atoms. The van der Waals surface area contributed by atoms with E-state index in [0.717, 1.165) is 65.0 Å². The monoisotopic (exact) mass is 427 g/mol. The fourth-order valence-corrected chi connectivity index (χ4v) is 4.47. The smallest absolute Gasteiger partial charge is 0.167 e. The third-order valence-corrected chi connectivity index (χ3v) is 6.18. The summed E-state index contributed by atoms with van der Waals surface area (Å²) in [5.74, 6) is 7.65. The number of hydrazine groups is 1. The molecule has 3 aromatic heterocycles. The lowest BCUT2D eigenvalue weighted by Gasteiger charge is -2.32. The van der Waals surface area contributed by atoms with E-state index >= 15 is 0 Å². The van der Waals surface area contributed by atoms with Crippen molar-refractivity contribution in [3.8, 4) is 0 Å². The van der Waals surface area contributed by atoms with E-state index < -0.39 is 0 Å². The molecular formula is C20H29N9S. The Morgan fingerprint density at radius 1 is 1.33 bits per heavy atom. The van der Waals surface area contributed by atoms with Crippen molar-refractivity contribution >= 4 is 39.4 Å². The summed E-state index contributed by atoms with van der Waals surface area (Å²) >= 11 is 1.44. The van der Waals surface area contributed by atoms with E-state index in [1.54, 1.807) is 12.1 Å². The molecule has 160 valence electrons. The first kappa shape index (κ1) is 20.6. The van der Waals surface area contributed by atoms with Crippen LogP contribution in [0, 0.1) is 6.92 Å². The van der Waals surface area contributed by atoms with Crippen LogP contribution in [0.15, 0.2) is 24.5 Å². The molecule has 0 aromatic carbocycles. The van der Waals surface area contributed by atoms with Gasteiger partial charge in [0.2, 0.25) is 0 Å². The highest BCUT2D eigenvalue weighted by molar-refractivity contribution is 7.10. The number of hydrogen-bond acceptors (Lipinski definition) is 9. The fraction of sp³-hybridized carbons (Fsp3) is 0.450. The molecule has 0 spiro atoms. The van der Waals surface area contributed by atoms with Gasteiger partial charge in [-0.3, -0.25) is 0 Å². The average molecular weight is 428 g/mol. The molecule has 0 radical (unpaired) electrons. The Labute approximate surface area is 180 Å². The Bertz CT molecular complexity index is 1040. The Balaban J connectivity index is 1.77. The van der Waals surface area contributed by atoms with Gasteiger partial charge in [-0.05, 0) is 56.9 Å². The van der Waals surface area contributed by atoms with Crippen LogP contribution in [0.3, 0.4) is 0 Å². The third kappa shape index (κ3) is 4.25. The predicted molar refractivity (Wildman–Crippen MR) is 123 cm³/mol. The molecular weight excluding hydrogens is 398 g/mol. The maximum atomic E-state index is 5.83. The molecule has 9 nitrogen and oxygen atoms in total. The van der Waals surface area contributed by atoms with E-state index in [2.05, 4.69) is 31.1 Å². The summed E-state index contributed by atoms with van der Waals surface area (Å²) in [7, 11) is 3.84. The van der Waals surface area contributed by atoms with Crippen LogP contribution in [0.5, 0.6) is 0 Å². The average Bonchev–Trinajstić information content (AvgIpc) is 3.33. The van der Waals surface area contributed by atoms with E-state index in [9.17, 15) is 0 Å². The van der Waals surface area contributed by atoms with Crippen molar-refractivity contribution in [2.75, 3.05) is 37.4 Å². The predicted octanol–water partition coefficient (Wildman–Crippen LogP) is 2.59. The van der Waals surface area contributed by atoms with E-state index in [1.807, 2.05) is 43.9 Å². The summed E-state index contributed by atoms with van der Waals surface area (Å²) in [4.78, 5) is 7.35. The number of aryl methyl sites for hydroxylation is 1. The zero-order chi connectivity index (χ0) is 21.3. The number of aromatic nitrogens is 4. The lowest BCUT2D eigenvalue weighted by atomic mass is 10.1. The minimum absolute atomic E-state index is 0.568. The van der Waals surface area contributed by atoms with E-state index in [0.29, 0.717) is 6.04 Å². The maximum absolute atomic E-state index is 5.83. The molecule has 0 unspecified atom stereocenters. The van der Waals surface area contributed by atoms with Gasteiger partial charge in [0.25, 0.3) is 0 Å². The Morgan fingerprint density at radius 2 is 2.10 bits per heavy atom. The van der Waals surface area contributed by atoms with Gasteiger partial charge in [-0.1, -0.05) is 0 Å². The van der Waals surface area contributed by atoms with Gasteiger partial charge in [-0.25, -0.2) is 10.8 Å². The number of nitrogens with two attached hydrogens (primary N) is 1. The molecule has 0 atom stereocenters. The van der Waals surface area contributed by atoms with Crippen LogP contribution in [-0.2, 0) is 0 Å². The normalized spacial score (nSPS) is 15.8. The third-order valence-electron chi connectivity index (χ3n) is 5.39. The van der Waals surface area contributed by atoms with Crippen LogP contribution in [0.25, 0.3) is 11.2 Å². The topological polar surface area (TPSA) is 99.6 Å². The molecule has 3 aromatic rings. The molecule has 1 fully saturated rings. The van der Waals surface area contributed by atoms with E-state index in [-0.39, 0.29) is 0 Å². The number of nitrogens with zero attached hydrogens (tertiary/aromatic N) is 6. The molecule has 1 aliphatic rings. The van der Waals surface area contributed by atoms with Crippen molar-refractivity contribution in [2.45, 2.75) is 32.7 Å². The molecule has 0 amide bonds. The van der Waals surface area contributed by atoms with Crippen molar-refractivity contribution < 1.29 is 0 Å². The maximum Gasteiger partial charge on any atom is 0.167 e. The minimum Gasteiger partial charge on any atom is -0.356 e. The lowest BCUT2D eigenvalue weighted by molar-refractivity contribution is 0.441. The number of fused-ring (bicyclic) bond motifs is 1. The van der Waals surface area contributed by atoms with Gasteiger partial charge in [0.1, 0.15) is 16.6 Å². The van der Waals surface area contributed by atoms with Crippen LogP contribution < -0.4 is 21.4 Å². The minimum atomic E-state index is 0.568. The molecule has 4 heterocycles. The highest BCUT2D eigenvalue weighted by atomic mass is 32.1. The van der Waals surface area contributed by atoms with Crippen LogP contribution in [0.4, 0.5) is 16.6 Å². The lowest BCUT2D eigenvalue weighted by Crippen LogP contribution is -2.41. The number of allylic oxidation sites excluding steroid dienone is 1. The number of rotatable bonds is 6. The summed E-state index contributed by atoms with van der Waals surface area (Å²) in [5.41, 5.74) is 3.77.